The molecule has 2 aromatic carbocycles. The fourth-order valence-electron chi connectivity index (χ4n) is 3.36. The third-order valence-electron chi connectivity index (χ3n) is 4.75. The van der Waals surface area contributed by atoms with Crippen LogP contribution in [-0.4, -0.2) is 16.8 Å². The molecule has 0 saturated carbocycles. The number of aliphatic hydroxyl groups excluding tert-OH is 1. The van der Waals surface area contributed by atoms with Crippen molar-refractivity contribution in [3.05, 3.63) is 92.1 Å². The van der Waals surface area contributed by atoms with Crippen LogP contribution in [0.4, 0.5) is 5.69 Å². The first-order chi connectivity index (χ1) is 13.5. The highest BCUT2D eigenvalue weighted by Gasteiger charge is 2.47. The first kappa shape index (κ1) is 18.7. The van der Waals surface area contributed by atoms with Crippen LogP contribution in [0.5, 0.6) is 0 Å². The molecule has 140 valence electrons. The third kappa shape index (κ3) is 3.08. The predicted octanol–water partition coefficient (Wildman–Crippen LogP) is 5.45. The van der Waals surface area contributed by atoms with Gasteiger partial charge in [-0.3, -0.25) is 14.5 Å². The SMILES string of the molecule is Cc1ccsc1C1/C(=C(/O)c2ccc(Br)cc2)C(=O)C(=O)N1c1ccccc1. The van der Waals surface area contributed by atoms with E-state index < -0.39 is 17.7 Å². The van der Waals surface area contributed by atoms with E-state index in [4.69, 9.17) is 0 Å². The summed E-state index contributed by atoms with van der Waals surface area (Å²) in [5.41, 5.74) is 2.20. The monoisotopic (exact) mass is 453 g/mol. The molecule has 4 rings (SSSR count). The molecule has 0 aliphatic carbocycles. The van der Waals surface area contributed by atoms with Gasteiger partial charge >= 0.3 is 0 Å². The van der Waals surface area contributed by atoms with Crippen LogP contribution in [0.25, 0.3) is 5.76 Å². The largest absolute Gasteiger partial charge is 0.507 e. The van der Waals surface area contributed by atoms with Crippen molar-refractivity contribution in [2.75, 3.05) is 4.90 Å². The van der Waals surface area contributed by atoms with Crippen LogP contribution in [0, 0.1) is 6.92 Å². The molecule has 1 fully saturated rings. The average molecular weight is 454 g/mol. The molecule has 1 amide bonds. The molecule has 0 radical (unpaired) electrons. The summed E-state index contributed by atoms with van der Waals surface area (Å²) in [6.45, 7) is 1.94. The number of amides is 1. The number of halogens is 1. The second kappa shape index (κ2) is 7.37. The van der Waals surface area contributed by atoms with Crippen LogP contribution < -0.4 is 4.90 Å². The lowest BCUT2D eigenvalue weighted by atomic mass is 9.98. The van der Waals surface area contributed by atoms with Crippen LogP contribution in [0.3, 0.4) is 0 Å². The summed E-state index contributed by atoms with van der Waals surface area (Å²) in [6, 6.07) is 17.4. The van der Waals surface area contributed by atoms with Crippen molar-refractivity contribution in [1.82, 2.24) is 0 Å². The number of benzene rings is 2. The van der Waals surface area contributed by atoms with Crippen molar-refractivity contribution in [3.63, 3.8) is 0 Å². The summed E-state index contributed by atoms with van der Waals surface area (Å²) >= 11 is 4.84. The molecule has 1 N–H and O–H groups in total. The standard InChI is InChI=1S/C22H16BrNO3S/c1-13-11-12-28-21(13)18-17(19(25)14-7-9-15(23)10-8-14)20(26)22(27)24(18)16-5-3-2-4-6-16/h2-12,18,25H,1H3/b19-17-. The number of anilines is 1. The number of thiophene rings is 1. The summed E-state index contributed by atoms with van der Waals surface area (Å²) in [5.74, 6) is -1.48. The van der Waals surface area contributed by atoms with Gasteiger partial charge in [-0.2, -0.15) is 0 Å². The van der Waals surface area contributed by atoms with Gasteiger partial charge in [0.2, 0.25) is 0 Å². The van der Waals surface area contributed by atoms with E-state index in [-0.39, 0.29) is 11.3 Å². The zero-order valence-electron chi connectivity index (χ0n) is 14.9. The fraction of sp³-hybridized carbons (Fsp3) is 0.0909. The van der Waals surface area contributed by atoms with E-state index >= 15 is 0 Å². The highest BCUT2D eigenvalue weighted by atomic mass is 79.9. The predicted molar refractivity (Wildman–Crippen MR) is 114 cm³/mol. The van der Waals surface area contributed by atoms with Gasteiger partial charge in [0.25, 0.3) is 11.7 Å². The lowest BCUT2D eigenvalue weighted by Gasteiger charge is -2.25. The Morgan fingerprint density at radius 3 is 2.32 bits per heavy atom. The van der Waals surface area contributed by atoms with Gasteiger partial charge in [-0.25, -0.2) is 0 Å². The van der Waals surface area contributed by atoms with E-state index in [0.29, 0.717) is 11.3 Å². The van der Waals surface area contributed by atoms with Crippen LogP contribution in [0.1, 0.15) is 22.0 Å². The lowest BCUT2D eigenvalue weighted by molar-refractivity contribution is -0.132. The maximum atomic E-state index is 13.0. The van der Waals surface area contributed by atoms with Gasteiger partial charge in [0.05, 0.1) is 5.57 Å². The van der Waals surface area contributed by atoms with Gasteiger partial charge in [-0.15, -0.1) is 11.3 Å². The molecule has 4 nitrogen and oxygen atoms in total. The van der Waals surface area contributed by atoms with Gasteiger partial charge in [-0.1, -0.05) is 46.3 Å². The maximum absolute atomic E-state index is 13.0. The average Bonchev–Trinajstić information content (AvgIpc) is 3.23. The summed E-state index contributed by atoms with van der Waals surface area (Å²) in [4.78, 5) is 28.3. The number of carbonyl (C=O) groups is 2. The minimum atomic E-state index is -0.679. The Labute approximate surface area is 174 Å². The van der Waals surface area contributed by atoms with E-state index in [0.717, 1.165) is 14.9 Å². The number of hydrogen-bond donors (Lipinski definition) is 1. The van der Waals surface area contributed by atoms with Crippen molar-refractivity contribution >= 4 is 50.4 Å². The van der Waals surface area contributed by atoms with Gasteiger partial charge < -0.3 is 5.11 Å². The van der Waals surface area contributed by atoms with Gasteiger partial charge in [0.1, 0.15) is 11.8 Å². The quantitative estimate of drug-likeness (QED) is 0.326. The van der Waals surface area contributed by atoms with Crippen molar-refractivity contribution in [1.29, 1.82) is 0 Å². The van der Waals surface area contributed by atoms with E-state index in [1.807, 2.05) is 36.6 Å². The van der Waals surface area contributed by atoms with E-state index in [1.54, 1.807) is 36.4 Å². The summed E-state index contributed by atoms with van der Waals surface area (Å²) in [5, 5.41) is 12.9. The molecule has 1 saturated heterocycles. The molecule has 3 aromatic rings. The van der Waals surface area contributed by atoms with Crippen LogP contribution >= 0.6 is 27.3 Å². The Bertz CT molecular complexity index is 1090. The Morgan fingerprint density at radius 2 is 1.71 bits per heavy atom. The zero-order chi connectivity index (χ0) is 19.8. The molecule has 1 unspecified atom stereocenters. The minimum Gasteiger partial charge on any atom is -0.507 e. The highest BCUT2D eigenvalue weighted by Crippen LogP contribution is 2.44. The van der Waals surface area contributed by atoms with Crippen molar-refractivity contribution in [3.8, 4) is 0 Å². The highest BCUT2D eigenvalue weighted by molar-refractivity contribution is 9.10. The molecule has 6 heteroatoms. The minimum absolute atomic E-state index is 0.113. The molecular formula is C22H16BrNO3S. The Kier molecular flexibility index (Phi) is 4.91. The molecule has 2 heterocycles. The lowest BCUT2D eigenvalue weighted by Crippen LogP contribution is -2.29. The van der Waals surface area contributed by atoms with Crippen molar-refractivity contribution in [2.45, 2.75) is 13.0 Å². The van der Waals surface area contributed by atoms with E-state index in [1.165, 1.54) is 16.2 Å². The molecular weight excluding hydrogens is 438 g/mol. The normalized spacial score (nSPS) is 18.6. The molecule has 0 spiro atoms. The summed E-state index contributed by atoms with van der Waals surface area (Å²) < 4.78 is 0.861. The molecule has 1 aliphatic rings. The van der Waals surface area contributed by atoms with Crippen molar-refractivity contribution < 1.29 is 14.7 Å². The number of aryl methyl sites for hydroxylation is 1. The second-order valence-electron chi connectivity index (χ2n) is 6.48. The molecule has 0 bridgehead atoms. The number of carbonyl (C=O) groups excluding carboxylic acids is 2. The van der Waals surface area contributed by atoms with Crippen LogP contribution in [0.15, 0.2) is 76.1 Å². The van der Waals surface area contributed by atoms with Gasteiger partial charge in [0.15, 0.2) is 0 Å². The van der Waals surface area contributed by atoms with Gasteiger partial charge in [0, 0.05) is 20.6 Å². The van der Waals surface area contributed by atoms with E-state index in [2.05, 4.69) is 15.9 Å². The first-order valence-corrected chi connectivity index (χ1v) is 10.3. The second-order valence-corrected chi connectivity index (χ2v) is 8.34. The molecule has 28 heavy (non-hydrogen) atoms. The number of aliphatic hydroxyl groups is 1. The summed E-state index contributed by atoms with van der Waals surface area (Å²) in [7, 11) is 0. The number of para-hydroxylation sites is 1. The smallest absolute Gasteiger partial charge is 0.300 e. The Balaban J connectivity index is 1.95. The van der Waals surface area contributed by atoms with Crippen LogP contribution in [0.2, 0.25) is 0 Å². The molecule has 1 aliphatic heterocycles. The molecule has 1 aromatic heterocycles. The number of rotatable bonds is 3. The van der Waals surface area contributed by atoms with Crippen LogP contribution in [-0.2, 0) is 9.59 Å². The summed E-state index contributed by atoms with van der Waals surface area (Å²) in [6.07, 6.45) is 0. The molecule has 1 atom stereocenters. The zero-order valence-corrected chi connectivity index (χ0v) is 17.3. The number of hydrogen-bond acceptors (Lipinski definition) is 4. The third-order valence-corrected chi connectivity index (χ3v) is 6.35. The van der Waals surface area contributed by atoms with E-state index in [9.17, 15) is 14.7 Å². The topological polar surface area (TPSA) is 57.6 Å². The number of ketones is 1. The maximum Gasteiger partial charge on any atom is 0.300 e. The number of nitrogens with zero attached hydrogens (tertiary/aromatic N) is 1. The number of Topliss-reactive ketones (excluding diaryl/α,β-unsaturated/α-hetero) is 1. The first-order valence-electron chi connectivity index (χ1n) is 8.65. The Hall–Kier alpha value is -2.70. The van der Waals surface area contributed by atoms with Gasteiger partial charge in [-0.05, 0) is 48.2 Å². The van der Waals surface area contributed by atoms with Crippen molar-refractivity contribution in [2.24, 2.45) is 0 Å². The fourth-order valence-corrected chi connectivity index (χ4v) is 4.65. The Morgan fingerprint density at radius 1 is 1.04 bits per heavy atom.